The molecule has 4 nitrogen and oxygen atoms in total. The normalized spacial score (nSPS) is 11.6. The Balaban J connectivity index is 2.15. The molecule has 0 saturated carbocycles. The maximum Gasteiger partial charge on any atom is 0.357 e. The number of aromatic nitrogens is 1. The van der Waals surface area contributed by atoms with Crippen molar-refractivity contribution in [3.05, 3.63) is 85.5 Å². The van der Waals surface area contributed by atoms with Gasteiger partial charge in [0.25, 0.3) is 0 Å². The molecule has 0 fully saturated rings. The highest BCUT2D eigenvalue weighted by Gasteiger charge is 2.22. The Bertz CT molecular complexity index is 1280. The molecule has 0 bridgehead atoms. The van der Waals surface area contributed by atoms with Gasteiger partial charge in [0.2, 0.25) is 0 Å². The van der Waals surface area contributed by atoms with E-state index in [1.165, 1.54) is 0 Å². The summed E-state index contributed by atoms with van der Waals surface area (Å²) >= 11 is 1.57. The second kappa shape index (κ2) is 7.16. The molecule has 4 rings (SSSR count). The van der Waals surface area contributed by atoms with Crippen LogP contribution in [0.2, 0.25) is 0 Å². The Morgan fingerprint density at radius 3 is 2.74 bits per heavy atom. The number of hydrogen-bond acceptors (Lipinski definition) is 4. The molecule has 1 aliphatic rings. The van der Waals surface area contributed by atoms with Crippen molar-refractivity contribution in [3.63, 3.8) is 0 Å². The smallest absolute Gasteiger partial charge is 0.357 e. The number of carbonyl (C=O) groups is 1. The van der Waals surface area contributed by atoms with Crippen LogP contribution >= 0.6 is 11.3 Å². The van der Waals surface area contributed by atoms with Gasteiger partial charge in [-0.1, -0.05) is 36.4 Å². The first-order valence-electron chi connectivity index (χ1n) is 8.54. The van der Waals surface area contributed by atoms with E-state index < -0.39 is 5.97 Å². The molecule has 132 valence electrons. The number of allylic oxidation sites excluding steroid dienone is 1. The molecule has 2 heterocycles. The van der Waals surface area contributed by atoms with Gasteiger partial charge in [-0.05, 0) is 41.3 Å². The van der Waals surface area contributed by atoms with Crippen LogP contribution in [0.15, 0.2) is 47.9 Å². The fraction of sp³-hybridized carbons (Fsp3) is 0.0909. The van der Waals surface area contributed by atoms with Crippen molar-refractivity contribution >= 4 is 35.3 Å². The maximum atomic E-state index is 12.7. The van der Waals surface area contributed by atoms with Gasteiger partial charge in [-0.3, -0.25) is 5.87 Å². The van der Waals surface area contributed by atoms with E-state index in [9.17, 15) is 4.79 Å². The average Bonchev–Trinajstić information content (AvgIpc) is 3.39. The SMILES string of the molecule is CCOC(=O)c1nc(=c2ccc(=C=[N-])cc2)c2c(c1-c1cccs1)C=CC=2. The first-order chi connectivity index (χ1) is 13.2. The summed E-state index contributed by atoms with van der Waals surface area (Å²) in [4.78, 5) is 18.4. The van der Waals surface area contributed by atoms with Gasteiger partial charge >= 0.3 is 5.97 Å². The lowest BCUT2D eigenvalue weighted by molar-refractivity contribution is 0.0520. The number of fused-ring (bicyclic) bond motifs is 1. The predicted molar refractivity (Wildman–Crippen MR) is 108 cm³/mol. The fourth-order valence-electron chi connectivity index (χ4n) is 3.14. The fourth-order valence-corrected chi connectivity index (χ4v) is 3.93. The van der Waals surface area contributed by atoms with E-state index in [2.05, 4.69) is 5.87 Å². The summed E-state index contributed by atoms with van der Waals surface area (Å²) in [5.41, 5.74) is 2.09. The van der Waals surface area contributed by atoms with E-state index in [4.69, 9.17) is 15.1 Å². The zero-order valence-corrected chi connectivity index (χ0v) is 15.4. The molecule has 0 unspecified atom stereocenters. The van der Waals surface area contributed by atoms with Crippen LogP contribution in [0.25, 0.3) is 28.0 Å². The molecule has 0 atom stereocenters. The van der Waals surface area contributed by atoms with Gasteiger partial charge in [-0.25, -0.2) is 9.78 Å². The number of ether oxygens (including phenoxy) is 1. The van der Waals surface area contributed by atoms with Crippen molar-refractivity contribution in [3.8, 4) is 10.4 Å². The summed E-state index contributed by atoms with van der Waals surface area (Å²) in [6, 6.07) is 11.2. The molecule has 1 aromatic carbocycles. The van der Waals surface area contributed by atoms with Gasteiger partial charge in [-0.15, -0.1) is 11.3 Å². The third-order valence-electron chi connectivity index (χ3n) is 4.32. The second-order valence-electron chi connectivity index (χ2n) is 5.92. The van der Waals surface area contributed by atoms with E-state index in [0.717, 1.165) is 26.4 Å². The number of benzene rings is 1. The van der Waals surface area contributed by atoms with Crippen LogP contribution in [-0.4, -0.2) is 23.4 Å². The lowest BCUT2D eigenvalue weighted by Crippen LogP contribution is -2.18. The number of nitrogens with zero attached hydrogens (tertiary/aromatic N) is 2. The molecule has 0 aliphatic heterocycles. The minimum Gasteiger partial charge on any atom is -0.763 e. The van der Waals surface area contributed by atoms with E-state index in [1.54, 1.807) is 30.4 Å². The number of carbonyl (C=O) groups excluding carboxylic acids is 1. The Morgan fingerprint density at radius 1 is 1.26 bits per heavy atom. The highest BCUT2D eigenvalue weighted by Crippen LogP contribution is 2.31. The molecule has 27 heavy (non-hydrogen) atoms. The summed E-state index contributed by atoms with van der Waals surface area (Å²) in [5.74, 6) is 1.69. The number of esters is 1. The summed E-state index contributed by atoms with van der Waals surface area (Å²) in [7, 11) is 0. The molecule has 0 spiro atoms. The quantitative estimate of drug-likeness (QED) is 0.525. The van der Waals surface area contributed by atoms with Gasteiger partial charge in [-0.2, -0.15) is 0 Å². The lowest BCUT2D eigenvalue weighted by atomic mass is 10.0. The second-order valence-corrected chi connectivity index (χ2v) is 6.87. The minimum absolute atomic E-state index is 0.287. The van der Waals surface area contributed by atoms with Crippen LogP contribution < -0.4 is 10.4 Å². The number of rotatable bonds is 3. The van der Waals surface area contributed by atoms with Gasteiger partial charge in [0.1, 0.15) is 0 Å². The summed E-state index contributed by atoms with van der Waals surface area (Å²) in [6.45, 7) is 2.07. The van der Waals surface area contributed by atoms with Gasteiger partial charge in [0, 0.05) is 20.9 Å². The molecule has 0 saturated heterocycles. The van der Waals surface area contributed by atoms with Crippen molar-refractivity contribution < 1.29 is 9.53 Å². The average molecular weight is 371 g/mol. The van der Waals surface area contributed by atoms with E-state index in [1.807, 2.05) is 47.9 Å². The molecular formula is C22H15N2O2S-. The maximum absolute atomic E-state index is 12.7. The highest BCUT2D eigenvalue weighted by atomic mass is 32.1. The van der Waals surface area contributed by atoms with Crippen LogP contribution in [-0.2, 0) is 4.74 Å². The molecule has 3 aromatic rings. The van der Waals surface area contributed by atoms with Crippen LogP contribution in [0.4, 0.5) is 0 Å². The van der Waals surface area contributed by atoms with Gasteiger partial charge in [0.05, 0.1) is 12.0 Å². The van der Waals surface area contributed by atoms with Crippen LogP contribution in [0, 0.1) is 10.6 Å². The Hall–Kier alpha value is -3.27. The van der Waals surface area contributed by atoms with E-state index in [-0.39, 0.29) is 6.61 Å². The van der Waals surface area contributed by atoms with E-state index in [0.29, 0.717) is 16.3 Å². The summed E-state index contributed by atoms with van der Waals surface area (Å²) < 4.78 is 5.28. The number of thiophene rings is 1. The van der Waals surface area contributed by atoms with Crippen LogP contribution in [0.5, 0.6) is 0 Å². The molecule has 0 radical (unpaired) electrons. The summed E-state index contributed by atoms with van der Waals surface area (Å²) in [6.07, 6.45) is 5.97. The Kier molecular flexibility index (Phi) is 4.55. The number of pyridine rings is 1. The third kappa shape index (κ3) is 3.04. The lowest BCUT2D eigenvalue weighted by Gasteiger charge is -2.10. The standard InChI is InChI=1S/C22H15N2O2S/c1-2-26-22(25)21-19(18-7-4-12-27-18)16-5-3-6-17(16)20(24-21)15-10-8-14(13-23)9-11-15/h3-12H,2H2,1H3/q-1. The predicted octanol–water partition coefficient (Wildman–Crippen LogP) is 2.99. The Morgan fingerprint density at radius 2 is 2.07 bits per heavy atom. The van der Waals surface area contributed by atoms with Crippen molar-refractivity contribution in [2.75, 3.05) is 6.61 Å². The zero-order valence-electron chi connectivity index (χ0n) is 14.6. The topological polar surface area (TPSA) is 61.5 Å². The van der Waals surface area contributed by atoms with Gasteiger partial charge in [0.15, 0.2) is 5.69 Å². The van der Waals surface area contributed by atoms with Gasteiger partial charge < -0.3 is 10.1 Å². The van der Waals surface area contributed by atoms with Crippen molar-refractivity contribution in [2.45, 2.75) is 6.92 Å². The van der Waals surface area contributed by atoms with Crippen molar-refractivity contribution in [2.24, 2.45) is 0 Å². The molecule has 1 aliphatic carbocycles. The van der Waals surface area contributed by atoms with Crippen LogP contribution in [0.1, 0.15) is 23.0 Å². The largest absolute Gasteiger partial charge is 0.763 e. The minimum atomic E-state index is -0.432. The molecule has 2 aromatic heterocycles. The van der Waals surface area contributed by atoms with Crippen LogP contribution in [0.3, 0.4) is 0 Å². The monoisotopic (exact) mass is 371 g/mol. The first-order valence-corrected chi connectivity index (χ1v) is 9.42. The highest BCUT2D eigenvalue weighted by molar-refractivity contribution is 7.13. The molecule has 5 heteroatoms. The third-order valence-corrected chi connectivity index (χ3v) is 5.21. The molecular weight excluding hydrogens is 356 g/mol. The molecule has 0 amide bonds. The first kappa shape index (κ1) is 17.2. The molecule has 0 N–H and O–H groups in total. The van der Waals surface area contributed by atoms with Crippen molar-refractivity contribution in [1.82, 2.24) is 4.98 Å². The zero-order chi connectivity index (χ0) is 18.8. The Labute approximate surface area is 159 Å². The summed E-state index contributed by atoms with van der Waals surface area (Å²) in [5, 5.41) is 14.1. The van der Waals surface area contributed by atoms with E-state index >= 15 is 0 Å². The van der Waals surface area contributed by atoms with Crippen molar-refractivity contribution in [1.29, 1.82) is 0 Å². The number of hydrogen-bond donors (Lipinski definition) is 0.